The van der Waals surface area contributed by atoms with Crippen LogP contribution in [0.1, 0.15) is 0 Å². The third kappa shape index (κ3) is 2.41. The van der Waals surface area contributed by atoms with Crippen LogP contribution in [0.25, 0.3) is 33.8 Å². The Balaban J connectivity index is 1.85. The van der Waals surface area contributed by atoms with Crippen molar-refractivity contribution in [1.82, 2.24) is 25.1 Å². The topological polar surface area (TPSA) is 96.6 Å². The van der Waals surface area contributed by atoms with E-state index in [1.54, 1.807) is 19.4 Å². The summed E-state index contributed by atoms with van der Waals surface area (Å²) in [5.41, 5.74) is 2.87. The summed E-state index contributed by atoms with van der Waals surface area (Å²) < 4.78 is 5.20. The van der Waals surface area contributed by atoms with E-state index in [2.05, 4.69) is 25.1 Å². The molecule has 0 unspecified atom stereocenters. The summed E-state index contributed by atoms with van der Waals surface area (Å²) in [6.07, 6.45) is 1.68. The second-order valence-electron chi connectivity index (χ2n) is 5.18. The van der Waals surface area contributed by atoms with Gasteiger partial charge in [-0.15, -0.1) is 0 Å². The number of rotatable bonds is 3. The third-order valence-electron chi connectivity index (χ3n) is 3.68. The van der Waals surface area contributed by atoms with Gasteiger partial charge in [0.25, 0.3) is 5.56 Å². The molecule has 0 aliphatic carbocycles. The normalized spacial score (nSPS) is 10.9. The Morgan fingerprint density at radius 1 is 1.08 bits per heavy atom. The summed E-state index contributed by atoms with van der Waals surface area (Å²) in [6, 6.07) is 12.7. The predicted molar refractivity (Wildman–Crippen MR) is 89.7 cm³/mol. The van der Waals surface area contributed by atoms with Gasteiger partial charge < -0.3 is 9.72 Å². The summed E-state index contributed by atoms with van der Waals surface area (Å²) in [6.45, 7) is 0. The maximum absolute atomic E-state index is 12.2. The summed E-state index contributed by atoms with van der Waals surface area (Å²) >= 11 is 0. The number of nitrogens with zero attached hydrogens (tertiary/aromatic N) is 3. The fraction of sp³-hybridized carbons (Fsp3) is 0.0588. The average Bonchev–Trinajstić information content (AvgIpc) is 3.05. The van der Waals surface area contributed by atoms with Gasteiger partial charge in [-0.3, -0.25) is 9.78 Å². The molecule has 0 saturated heterocycles. The Kier molecular flexibility index (Phi) is 3.31. The van der Waals surface area contributed by atoms with Gasteiger partial charge in [-0.05, 0) is 30.3 Å². The highest BCUT2D eigenvalue weighted by molar-refractivity contribution is 5.81. The van der Waals surface area contributed by atoms with Crippen molar-refractivity contribution in [1.29, 1.82) is 0 Å². The van der Waals surface area contributed by atoms with Gasteiger partial charge in [-0.2, -0.15) is 5.10 Å². The molecule has 3 heterocycles. The first-order valence-electron chi connectivity index (χ1n) is 7.30. The van der Waals surface area contributed by atoms with Gasteiger partial charge in [0.05, 0.1) is 29.4 Å². The molecule has 0 radical (unpaired) electrons. The Morgan fingerprint density at radius 3 is 2.79 bits per heavy atom. The molecule has 24 heavy (non-hydrogen) atoms. The molecule has 7 heteroatoms. The lowest BCUT2D eigenvalue weighted by Gasteiger charge is -2.01. The lowest BCUT2D eigenvalue weighted by Crippen LogP contribution is -2.12. The number of pyridine rings is 1. The first kappa shape index (κ1) is 14.1. The van der Waals surface area contributed by atoms with Crippen LogP contribution < -0.4 is 10.3 Å². The fourth-order valence-corrected chi connectivity index (χ4v) is 2.47. The van der Waals surface area contributed by atoms with Gasteiger partial charge >= 0.3 is 0 Å². The average molecular weight is 319 g/mol. The first-order valence-corrected chi connectivity index (χ1v) is 7.30. The van der Waals surface area contributed by atoms with Crippen LogP contribution in [0.3, 0.4) is 0 Å². The van der Waals surface area contributed by atoms with Gasteiger partial charge in [0, 0.05) is 12.3 Å². The number of aromatic amines is 2. The lowest BCUT2D eigenvalue weighted by atomic mass is 10.2. The van der Waals surface area contributed by atoms with Gasteiger partial charge in [0.1, 0.15) is 17.3 Å². The van der Waals surface area contributed by atoms with Crippen LogP contribution in [-0.4, -0.2) is 32.3 Å². The van der Waals surface area contributed by atoms with Crippen molar-refractivity contribution in [2.75, 3.05) is 7.11 Å². The Bertz CT molecular complexity index is 1070. The van der Waals surface area contributed by atoms with Crippen molar-refractivity contribution >= 4 is 11.0 Å². The standard InChI is InChI=1S/C17H13N5O2/c1-24-10-5-6-13-14(8-10)20-16(19-13)11-9-15(21-22-17(11)23)12-4-2-3-7-18-12/h2-9H,1H3,(H,19,20)(H,22,23). The van der Waals surface area contributed by atoms with E-state index in [0.717, 1.165) is 16.8 Å². The van der Waals surface area contributed by atoms with Gasteiger partial charge in [-0.1, -0.05) is 6.07 Å². The van der Waals surface area contributed by atoms with Crippen LogP contribution >= 0.6 is 0 Å². The number of fused-ring (bicyclic) bond motifs is 1. The zero-order valence-electron chi connectivity index (χ0n) is 12.8. The van der Waals surface area contributed by atoms with Gasteiger partial charge in [-0.25, -0.2) is 10.1 Å². The van der Waals surface area contributed by atoms with Gasteiger partial charge in [0.15, 0.2) is 0 Å². The lowest BCUT2D eigenvalue weighted by molar-refractivity contribution is 0.415. The SMILES string of the molecule is COc1ccc2nc(-c3cc(-c4ccccn4)n[nH]c3=O)[nH]c2c1. The number of H-pyrrole nitrogens is 2. The molecule has 0 saturated carbocycles. The van der Waals surface area contributed by atoms with Crippen molar-refractivity contribution in [3.63, 3.8) is 0 Å². The number of aromatic nitrogens is 5. The minimum absolute atomic E-state index is 0.319. The van der Waals surface area contributed by atoms with Gasteiger partial charge in [0.2, 0.25) is 0 Å². The van der Waals surface area contributed by atoms with Crippen LogP contribution in [0.5, 0.6) is 5.75 Å². The molecule has 118 valence electrons. The second kappa shape index (κ2) is 5.62. The molecule has 0 atom stereocenters. The molecule has 0 spiro atoms. The molecule has 0 bridgehead atoms. The number of nitrogens with one attached hydrogen (secondary N) is 2. The second-order valence-corrected chi connectivity index (χ2v) is 5.18. The quantitative estimate of drug-likeness (QED) is 0.604. The van der Waals surface area contributed by atoms with Crippen LogP contribution in [-0.2, 0) is 0 Å². The van der Waals surface area contributed by atoms with E-state index in [-0.39, 0.29) is 5.56 Å². The van der Waals surface area contributed by atoms with Crippen LogP contribution in [0, 0.1) is 0 Å². The predicted octanol–water partition coefficient (Wildman–Crippen LogP) is 2.38. The Hall–Kier alpha value is -3.48. The molecule has 0 amide bonds. The molecule has 4 rings (SSSR count). The maximum Gasteiger partial charge on any atom is 0.275 e. The van der Waals surface area contributed by atoms with Crippen LogP contribution in [0.2, 0.25) is 0 Å². The van der Waals surface area contributed by atoms with E-state index in [4.69, 9.17) is 4.74 Å². The van der Waals surface area contributed by atoms with Crippen molar-refractivity contribution in [3.8, 4) is 28.5 Å². The smallest absolute Gasteiger partial charge is 0.275 e. The number of hydrogen-bond donors (Lipinski definition) is 2. The first-order chi connectivity index (χ1) is 11.7. The summed E-state index contributed by atoms with van der Waals surface area (Å²) in [5, 5.41) is 6.56. The van der Waals surface area contributed by atoms with Crippen molar-refractivity contribution in [2.24, 2.45) is 0 Å². The highest BCUT2D eigenvalue weighted by atomic mass is 16.5. The Labute approximate surface area is 136 Å². The fourth-order valence-electron chi connectivity index (χ4n) is 2.47. The highest BCUT2D eigenvalue weighted by Gasteiger charge is 2.12. The van der Waals surface area contributed by atoms with E-state index < -0.39 is 0 Å². The van der Waals surface area contributed by atoms with E-state index in [9.17, 15) is 4.79 Å². The molecule has 1 aromatic carbocycles. The van der Waals surface area contributed by atoms with E-state index in [1.807, 2.05) is 36.4 Å². The number of hydrogen-bond acceptors (Lipinski definition) is 5. The minimum Gasteiger partial charge on any atom is -0.497 e. The molecule has 2 N–H and O–H groups in total. The molecular weight excluding hydrogens is 306 g/mol. The molecule has 0 fully saturated rings. The largest absolute Gasteiger partial charge is 0.497 e. The van der Waals surface area contributed by atoms with E-state index in [1.165, 1.54) is 0 Å². The molecule has 4 aromatic rings. The maximum atomic E-state index is 12.2. The highest BCUT2D eigenvalue weighted by Crippen LogP contribution is 2.23. The molecule has 0 aliphatic rings. The summed E-state index contributed by atoms with van der Waals surface area (Å²) in [7, 11) is 1.60. The van der Waals surface area contributed by atoms with Crippen molar-refractivity contribution in [2.45, 2.75) is 0 Å². The van der Waals surface area contributed by atoms with Crippen molar-refractivity contribution < 1.29 is 4.74 Å². The molecule has 0 aliphatic heterocycles. The van der Waals surface area contributed by atoms with Crippen molar-refractivity contribution in [3.05, 3.63) is 59.0 Å². The summed E-state index contributed by atoms with van der Waals surface area (Å²) in [5.74, 6) is 1.19. The third-order valence-corrected chi connectivity index (χ3v) is 3.68. The molecular formula is C17H13N5O2. The molecule has 3 aromatic heterocycles. The number of imidazole rings is 1. The zero-order chi connectivity index (χ0) is 16.5. The monoisotopic (exact) mass is 319 g/mol. The zero-order valence-corrected chi connectivity index (χ0v) is 12.8. The number of ether oxygens (including phenoxy) is 1. The number of benzene rings is 1. The minimum atomic E-state index is -0.319. The summed E-state index contributed by atoms with van der Waals surface area (Å²) in [4.78, 5) is 24.0. The van der Waals surface area contributed by atoms with Crippen LogP contribution in [0.15, 0.2) is 53.5 Å². The molecule has 7 nitrogen and oxygen atoms in total. The van der Waals surface area contributed by atoms with Crippen LogP contribution in [0.4, 0.5) is 0 Å². The van der Waals surface area contributed by atoms with E-state index >= 15 is 0 Å². The Morgan fingerprint density at radius 2 is 2.00 bits per heavy atom. The van der Waals surface area contributed by atoms with E-state index in [0.29, 0.717) is 22.8 Å². The number of methoxy groups -OCH3 is 1.